The maximum Gasteiger partial charge on any atom is 0.00798 e. The quantitative estimate of drug-likeness (QED) is 0.764. The van der Waals surface area contributed by atoms with Crippen molar-refractivity contribution < 1.29 is 0 Å². The van der Waals surface area contributed by atoms with Crippen molar-refractivity contribution in [1.82, 2.24) is 10.2 Å². The van der Waals surface area contributed by atoms with Gasteiger partial charge >= 0.3 is 0 Å². The van der Waals surface area contributed by atoms with Crippen molar-refractivity contribution in [3.05, 3.63) is 0 Å². The minimum atomic E-state index is 0.788. The first-order valence-electron chi connectivity index (χ1n) is 6.67. The second-order valence-corrected chi connectivity index (χ2v) is 5.65. The molecule has 2 rings (SSSR count). The molecule has 15 heavy (non-hydrogen) atoms. The summed E-state index contributed by atoms with van der Waals surface area (Å²) in [5, 5.41) is 3.78. The van der Waals surface area contributed by atoms with E-state index in [4.69, 9.17) is 0 Å². The third-order valence-corrected chi connectivity index (χ3v) is 4.11. The molecule has 0 amide bonds. The highest BCUT2D eigenvalue weighted by atomic mass is 15.1. The SMILES string of the molecule is CC(CNC1CCCN(C)CC1)C1CC1. The standard InChI is InChI=1S/C13H26N2/c1-11(12-5-6-12)10-14-13-4-3-8-15(2)9-7-13/h11-14H,3-10H2,1-2H3. The smallest absolute Gasteiger partial charge is 0.00798 e. The van der Waals surface area contributed by atoms with E-state index in [2.05, 4.69) is 24.2 Å². The molecule has 0 spiro atoms. The number of hydrogen-bond donors (Lipinski definition) is 1. The fraction of sp³-hybridized carbons (Fsp3) is 1.00. The Balaban J connectivity index is 1.64. The zero-order valence-corrected chi connectivity index (χ0v) is 10.3. The first kappa shape index (κ1) is 11.4. The Morgan fingerprint density at radius 3 is 2.73 bits per heavy atom. The van der Waals surface area contributed by atoms with Crippen LogP contribution < -0.4 is 5.32 Å². The highest BCUT2D eigenvalue weighted by Gasteiger charge is 2.28. The monoisotopic (exact) mass is 210 g/mol. The van der Waals surface area contributed by atoms with Crippen LogP contribution in [0, 0.1) is 11.8 Å². The molecule has 1 aliphatic heterocycles. The van der Waals surface area contributed by atoms with E-state index in [0.717, 1.165) is 17.9 Å². The zero-order valence-electron chi connectivity index (χ0n) is 10.3. The van der Waals surface area contributed by atoms with Gasteiger partial charge in [-0.05, 0) is 70.6 Å². The fourth-order valence-electron chi connectivity index (χ4n) is 2.63. The van der Waals surface area contributed by atoms with Crippen molar-refractivity contribution in [1.29, 1.82) is 0 Å². The van der Waals surface area contributed by atoms with E-state index in [-0.39, 0.29) is 0 Å². The Hall–Kier alpha value is -0.0800. The first-order valence-corrected chi connectivity index (χ1v) is 6.67. The summed E-state index contributed by atoms with van der Waals surface area (Å²) >= 11 is 0. The van der Waals surface area contributed by atoms with E-state index < -0.39 is 0 Å². The van der Waals surface area contributed by atoms with Gasteiger partial charge in [0, 0.05) is 6.04 Å². The predicted octanol–water partition coefficient (Wildman–Crippen LogP) is 2.11. The molecule has 0 aromatic rings. The maximum absolute atomic E-state index is 3.78. The third-order valence-electron chi connectivity index (χ3n) is 4.11. The topological polar surface area (TPSA) is 15.3 Å². The zero-order chi connectivity index (χ0) is 10.7. The summed E-state index contributed by atoms with van der Waals surface area (Å²) in [5.74, 6) is 1.96. The molecule has 1 saturated carbocycles. The third kappa shape index (κ3) is 3.76. The lowest BCUT2D eigenvalue weighted by Gasteiger charge is -2.19. The lowest BCUT2D eigenvalue weighted by Crippen LogP contribution is -2.34. The van der Waals surface area contributed by atoms with Gasteiger partial charge in [0.1, 0.15) is 0 Å². The van der Waals surface area contributed by atoms with Crippen LogP contribution in [0.4, 0.5) is 0 Å². The molecule has 2 unspecified atom stereocenters. The molecule has 0 bridgehead atoms. The van der Waals surface area contributed by atoms with Crippen LogP contribution in [-0.4, -0.2) is 37.6 Å². The highest BCUT2D eigenvalue weighted by molar-refractivity contribution is 4.81. The van der Waals surface area contributed by atoms with Crippen LogP contribution in [-0.2, 0) is 0 Å². The highest BCUT2D eigenvalue weighted by Crippen LogP contribution is 2.36. The molecule has 0 aromatic carbocycles. The van der Waals surface area contributed by atoms with Crippen LogP contribution in [0.2, 0.25) is 0 Å². The molecular weight excluding hydrogens is 184 g/mol. The molecule has 2 fully saturated rings. The minimum absolute atomic E-state index is 0.788. The van der Waals surface area contributed by atoms with Crippen molar-refractivity contribution in [3.8, 4) is 0 Å². The van der Waals surface area contributed by atoms with E-state index in [1.165, 1.54) is 51.7 Å². The van der Waals surface area contributed by atoms with Gasteiger partial charge in [0.15, 0.2) is 0 Å². The number of likely N-dealkylation sites (tertiary alicyclic amines) is 1. The Bertz CT molecular complexity index is 189. The van der Waals surface area contributed by atoms with Crippen molar-refractivity contribution in [3.63, 3.8) is 0 Å². The predicted molar refractivity (Wildman–Crippen MR) is 65.0 cm³/mol. The van der Waals surface area contributed by atoms with Crippen molar-refractivity contribution >= 4 is 0 Å². The molecule has 88 valence electrons. The van der Waals surface area contributed by atoms with Gasteiger partial charge in [0.2, 0.25) is 0 Å². The van der Waals surface area contributed by atoms with Gasteiger partial charge in [-0.1, -0.05) is 6.92 Å². The molecule has 1 saturated heterocycles. The number of rotatable bonds is 4. The summed E-state index contributed by atoms with van der Waals surface area (Å²) < 4.78 is 0. The Kier molecular flexibility index (Phi) is 4.04. The average molecular weight is 210 g/mol. The normalized spacial score (nSPS) is 31.2. The molecule has 0 radical (unpaired) electrons. The summed E-state index contributed by atoms with van der Waals surface area (Å²) in [6, 6.07) is 0.788. The Morgan fingerprint density at radius 1 is 1.20 bits per heavy atom. The van der Waals surface area contributed by atoms with E-state index in [1.54, 1.807) is 0 Å². The molecule has 1 aliphatic carbocycles. The van der Waals surface area contributed by atoms with Crippen LogP contribution in [0.3, 0.4) is 0 Å². The number of hydrogen-bond acceptors (Lipinski definition) is 2. The average Bonchev–Trinajstić information content (AvgIpc) is 3.02. The lowest BCUT2D eigenvalue weighted by atomic mass is 10.0. The van der Waals surface area contributed by atoms with Gasteiger partial charge in [-0.25, -0.2) is 0 Å². The van der Waals surface area contributed by atoms with Crippen LogP contribution in [0.15, 0.2) is 0 Å². The van der Waals surface area contributed by atoms with Crippen LogP contribution in [0.1, 0.15) is 39.0 Å². The summed E-state index contributed by atoms with van der Waals surface area (Å²) in [7, 11) is 2.25. The van der Waals surface area contributed by atoms with E-state index in [0.29, 0.717) is 0 Å². The summed E-state index contributed by atoms with van der Waals surface area (Å²) in [6.07, 6.45) is 7.05. The lowest BCUT2D eigenvalue weighted by molar-refractivity contribution is 0.339. The van der Waals surface area contributed by atoms with E-state index in [9.17, 15) is 0 Å². The second kappa shape index (κ2) is 5.31. The first-order chi connectivity index (χ1) is 7.25. The molecule has 2 heteroatoms. The van der Waals surface area contributed by atoms with Gasteiger partial charge in [0.05, 0.1) is 0 Å². The molecule has 1 heterocycles. The van der Waals surface area contributed by atoms with E-state index >= 15 is 0 Å². The summed E-state index contributed by atoms with van der Waals surface area (Å²) in [5.41, 5.74) is 0. The molecular formula is C13H26N2. The van der Waals surface area contributed by atoms with Crippen LogP contribution >= 0.6 is 0 Å². The molecule has 1 N–H and O–H groups in total. The van der Waals surface area contributed by atoms with Gasteiger partial charge in [-0.15, -0.1) is 0 Å². The van der Waals surface area contributed by atoms with Gasteiger partial charge in [0.25, 0.3) is 0 Å². The minimum Gasteiger partial charge on any atom is -0.314 e. The Morgan fingerprint density at radius 2 is 2.00 bits per heavy atom. The molecule has 2 atom stereocenters. The van der Waals surface area contributed by atoms with Crippen molar-refractivity contribution in [2.45, 2.75) is 45.1 Å². The van der Waals surface area contributed by atoms with Crippen molar-refractivity contribution in [2.24, 2.45) is 11.8 Å². The molecule has 2 aliphatic rings. The summed E-state index contributed by atoms with van der Waals surface area (Å²) in [6.45, 7) is 6.22. The van der Waals surface area contributed by atoms with Crippen molar-refractivity contribution in [2.75, 3.05) is 26.7 Å². The number of nitrogens with zero attached hydrogens (tertiary/aromatic N) is 1. The fourth-order valence-corrected chi connectivity index (χ4v) is 2.63. The van der Waals surface area contributed by atoms with Crippen LogP contribution in [0.25, 0.3) is 0 Å². The van der Waals surface area contributed by atoms with Gasteiger partial charge in [-0.2, -0.15) is 0 Å². The van der Waals surface area contributed by atoms with Crippen LogP contribution in [0.5, 0.6) is 0 Å². The van der Waals surface area contributed by atoms with E-state index in [1.807, 2.05) is 0 Å². The summed E-state index contributed by atoms with van der Waals surface area (Å²) in [4.78, 5) is 2.46. The molecule has 2 nitrogen and oxygen atoms in total. The largest absolute Gasteiger partial charge is 0.314 e. The van der Waals surface area contributed by atoms with Gasteiger partial charge < -0.3 is 10.2 Å². The van der Waals surface area contributed by atoms with Gasteiger partial charge in [-0.3, -0.25) is 0 Å². The molecule has 0 aromatic heterocycles. The maximum atomic E-state index is 3.78. The second-order valence-electron chi connectivity index (χ2n) is 5.65. The Labute approximate surface area is 94.4 Å². The number of nitrogens with one attached hydrogen (secondary N) is 1.